The Labute approximate surface area is 157 Å². The van der Waals surface area contributed by atoms with Gasteiger partial charge in [-0.15, -0.1) is 0 Å². The third-order valence-corrected chi connectivity index (χ3v) is 4.61. The second-order valence-corrected chi connectivity index (χ2v) is 6.82. The molecule has 150 valence electrons. The molecule has 2 atom stereocenters. The number of azide groups is 1. The van der Waals surface area contributed by atoms with Gasteiger partial charge in [-0.05, 0) is 24.8 Å². The van der Waals surface area contributed by atoms with Crippen LogP contribution in [0.4, 0.5) is 4.79 Å². The molecule has 0 aliphatic carbocycles. The van der Waals surface area contributed by atoms with Crippen LogP contribution in [0.1, 0.15) is 97.3 Å². The summed E-state index contributed by atoms with van der Waals surface area (Å²) in [7, 11) is 0. The van der Waals surface area contributed by atoms with Crippen LogP contribution in [0.3, 0.4) is 0 Å². The van der Waals surface area contributed by atoms with Crippen LogP contribution in [0.25, 0.3) is 10.4 Å². The highest BCUT2D eigenvalue weighted by molar-refractivity contribution is 5.72. The summed E-state index contributed by atoms with van der Waals surface area (Å²) in [6, 6.07) is 0. The van der Waals surface area contributed by atoms with Gasteiger partial charge >= 0.3 is 12.1 Å². The zero-order chi connectivity index (χ0) is 19.6. The van der Waals surface area contributed by atoms with E-state index in [-0.39, 0.29) is 0 Å². The molecule has 0 aliphatic rings. The molecule has 0 fully saturated rings. The lowest BCUT2D eigenvalue weighted by molar-refractivity contribution is -0.146. The van der Waals surface area contributed by atoms with E-state index in [2.05, 4.69) is 23.9 Å². The number of carbonyl (C=O) groups excluding carboxylic acids is 1. The number of rotatable bonds is 16. The Kier molecular flexibility index (Phi) is 15.6. The first kappa shape index (κ1) is 24.2. The molecule has 2 unspecified atom stereocenters. The van der Waals surface area contributed by atoms with Gasteiger partial charge in [0.25, 0.3) is 0 Å². The number of amides is 1. The van der Waals surface area contributed by atoms with Crippen molar-refractivity contribution in [2.45, 2.75) is 103 Å². The van der Waals surface area contributed by atoms with Crippen molar-refractivity contribution in [2.24, 2.45) is 11.0 Å². The molecule has 0 aromatic heterocycles. The maximum atomic E-state index is 11.7. The van der Waals surface area contributed by atoms with E-state index >= 15 is 0 Å². The van der Waals surface area contributed by atoms with Crippen LogP contribution in [-0.4, -0.2) is 23.3 Å². The zero-order valence-corrected chi connectivity index (χ0v) is 16.4. The van der Waals surface area contributed by atoms with E-state index < -0.39 is 24.1 Å². The molecule has 0 aromatic rings. The first-order chi connectivity index (χ1) is 12.6. The van der Waals surface area contributed by atoms with Gasteiger partial charge in [0.15, 0.2) is 0 Å². The number of carbonyl (C=O) groups is 2. The molecule has 1 amide bonds. The minimum atomic E-state index is -1.04. The summed E-state index contributed by atoms with van der Waals surface area (Å²) in [5.74, 6) is -1.70. The predicted molar refractivity (Wildman–Crippen MR) is 102 cm³/mol. The van der Waals surface area contributed by atoms with Crippen LogP contribution in [0.2, 0.25) is 0 Å². The number of nitrogens with zero attached hydrogens (tertiary/aromatic N) is 3. The third-order valence-electron chi connectivity index (χ3n) is 4.61. The number of carboxylic acid groups (broad SMARTS) is 1. The lowest BCUT2D eigenvalue weighted by Gasteiger charge is -2.23. The summed E-state index contributed by atoms with van der Waals surface area (Å²) in [5, 5.41) is 12.5. The van der Waals surface area contributed by atoms with Crippen LogP contribution in [-0.2, 0) is 9.53 Å². The Hall–Kier alpha value is -1.75. The van der Waals surface area contributed by atoms with Crippen molar-refractivity contribution in [1.82, 2.24) is 0 Å². The van der Waals surface area contributed by atoms with E-state index in [1.165, 1.54) is 25.7 Å². The smallest absolute Gasteiger partial charge is 0.397 e. The van der Waals surface area contributed by atoms with Crippen molar-refractivity contribution in [1.29, 1.82) is 0 Å². The predicted octanol–water partition coefficient (Wildman–Crippen LogP) is 6.61. The maximum absolute atomic E-state index is 11.7. The van der Waals surface area contributed by atoms with Gasteiger partial charge in [0.2, 0.25) is 0 Å². The Morgan fingerprint density at radius 2 is 1.42 bits per heavy atom. The van der Waals surface area contributed by atoms with Crippen molar-refractivity contribution in [3.63, 3.8) is 0 Å². The van der Waals surface area contributed by atoms with E-state index in [0.29, 0.717) is 12.8 Å². The number of hydrogen-bond acceptors (Lipinski definition) is 3. The zero-order valence-electron chi connectivity index (χ0n) is 16.4. The molecule has 0 rings (SSSR count). The molecule has 0 saturated carbocycles. The van der Waals surface area contributed by atoms with Crippen molar-refractivity contribution in [3.8, 4) is 0 Å². The summed E-state index contributed by atoms with van der Waals surface area (Å²) in [4.78, 5) is 25.6. The number of carboxylic acids is 1. The minimum absolute atomic E-state index is 0.477. The molecule has 26 heavy (non-hydrogen) atoms. The fraction of sp³-hybridized carbons (Fsp3) is 0.895. The van der Waals surface area contributed by atoms with Gasteiger partial charge in [-0.3, -0.25) is 4.79 Å². The molecule has 0 heterocycles. The first-order valence-corrected chi connectivity index (χ1v) is 10.0. The van der Waals surface area contributed by atoms with Gasteiger partial charge in [-0.25, -0.2) is 4.79 Å². The summed E-state index contributed by atoms with van der Waals surface area (Å²) < 4.78 is 5.16. The van der Waals surface area contributed by atoms with Gasteiger partial charge in [-0.2, -0.15) is 0 Å². The van der Waals surface area contributed by atoms with Crippen molar-refractivity contribution in [3.05, 3.63) is 10.4 Å². The molecular formula is C19H35N3O4. The Morgan fingerprint density at radius 3 is 1.96 bits per heavy atom. The maximum Gasteiger partial charge on any atom is 0.397 e. The van der Waals surface area contributed by atoms with Crippen LogP contribution < -0.4 is 0 Å². The summed E-state index contributed by atoms with van der Waals surface area (Å²) in [6.07, 6.45) is 10.8. The average Bonchev–Trinajstić information content (AvgIpc) is 2.60. The van der Waals surface area contributed by atoms with Crippen molar-refractivity contribution in [2.75, 3.05) is 0 Å². The lowest BCUT2D eigenvalue weighted by atomic mass is 9.91. The summed E-state index contributed by atoms with van der Waals surface area (Å²) >= 11 is 0. The normalized spacial score (nSPS) is 12.8. The fourth-order valence-corrected chi connectivity index (χ4v) is 3.09. The van der Waals surface area contributed by atoms with Gasteiger partial charge in [0, 0.05) is 10.0 Å². The number of aliphatic carboxylic acids is 1. The SMILES string of the molecule is CCCCCCCCCC(C(=O)O)C(CCCCCC)OC(=O)N=[N+]=[N-]. The molecule has 0 bridgehead atoms. The quantitative estimate of drug-likeness (QED) is 0.143. The van der Waals surface area contributed by atoms with Gasteiger partial charge in [0.05, 0.1) is 5.92 Å². The van der Waals surface area contributed by atoms with E-state index in [0.717, 1.165) is 44.9 Å². The molecule has 0 aliphatic heterocycles. The molecule has 0 spiro atoms. The van der Waals surface area contributed by atoms with Crippen molar-refractivity contribution >= 4 is 12.1 Å². The van der Waals surface area contributed by atoms with Gasteiger partial charge < -0.3 is 9.84 Å². The molecule has 1 N–H and O–H groups in total. The number of ether oxygens (including phenoxy) is 1. The molecule has 0 aromatic carbocycles. The second-order valence-electron chi connectivity index (χ2n) is 6.82. The average molecular weight is 370 g/mol. The van der Waals surface area contributed by atoms with E-state index in [1.54, 1.807) is 0 Å². The molecular weight excluding hydrogens is 334 g/mol. The van der Waals surface area contributed by atoms with Crippen LogP contribution in [0.5, 0.6) is 0 Å². The highest BCUT2D eigenvalue weighted by Crippen LogP contribution is 2.23. The highest BCUT2D eigenvalue weighted by Gasteiger charge is 2.30. The topological polar surface area (TPSA) is 112 Å². The van der Waals surface area contributed by atoms with Gasteiger partial charge in [0.1, 0.15) is 6.10 Å². The van der Waals surface area contributed by atoms with Crippen LogP contribution >= 0.6 is 0 Å². The molecule has 0 saturated heterocycles. The minimum Gasteiger partial charge on any atom is -0.481 e. The van der Waals surface area contributed by atoms with Gasteiger partial charge in [-0.1, -0.05) is 78.1 Å². The summed E-state index contributed by atoms with van der Waals surface area (Å²) in [6.45, 7) is 4.27. The largest absolute Gasteiger partial charge is 0.481 e. The molecule has 0 radical (unpaired) electrons. The molecule has 7 heteroatoms. The molecule has 7 nitrogen and oxygen atoms in total. The Balaban J connectivity index is 4.56. The number of unbranched alkanes of at least 4 members (excludes halogenated alkanes) is 9. The standard InChI is InChI=1S/C19H35N3O4/c1-3-5-7-9-10-11-12-14-16(18(23)24)17(15-13-8-6-4-2)26-19(25)21-22-20/h16-17H,3-15H2,1-2H3,(H,23,24). The lowest BCUT2D eigenvalue weighted by Crippen LogP contribution is -2.32. The van der Waals surface area contributed by atoms with E-state index in [9.17, 15) is 14.7 Å². The first-order valence-electron chi connectivity index (χ1n) is 10.0. The van der Waals surface area contributed by atoms with Crippen LogP contribution in [0, 0.1) is 5.92 Å². The fourth-order valence-electron chi connectivity index (χ4n) is 3.09. The third kappa shape index (κ3) is 12.6. The van der Waals surface area contributed by atoms with Crippen molar-refractivity contribution < 1.29 is 19.4 Å². The number of hydrogen-bond donors (Lipinski definition) is 1. The van der Waals surface area contributed by atoms with E-state index in [1.807, 2.05) is 0 Å². The highest BCUT2D eigenvalue weighted by atomic mass is 16.6. The second kappa shape index (κ2) is 16.7. The Morgan fingerprint density at radius 1 is 0.923 bits per heavy atom. The van der Waals surface area contributed by atoms with E-state index in [4.69, 9.17) is 10.3 Å². The Bertz CT molecular complexity index is 437. The van der Waals surface area contributed by atoms with Crippen LogP contribution in [0.15, 0.2) is 5.11 Å². The monoisotopic (exact) mass is 369 g/mol. The summed E-state index contributed by atoms with van der Waals surface area (Å²) in [5.41, 5.74) is 8.35.